The highest BCUT2D eigenvalue weighted by molar-refractivity contribution is 5.33. The third kappa shape index (κ3) is 4.74. The smallest absolute Gasteiger partial charge is 0.126 e. The van der Waals surface area contributed by atoms with Crippen LogP contribution in [0.2, 0.25) is 0 Å². The summed E-state index contributed by atoms with van der Waals surface area (Å²) < 4.78 is 24.3. The second-order valence-corrected chi connectivity index (χ2v) is 6.65. The Balaban J connectivity index is 1.52. The molecule has 1 aliphatic carbocycles. The molecule has 3 rings (SSSR count). The first kappa shape index (κ1) is 18.7. The van der Waals surface area contributed by atoms with Crippen molar-refractivity contribution in [1.82, 2.24) is 5.32 Å². The van der Waals surface area contributed by atoms with Crippen molar-refractivity contribution in [2.24, 2.45) is 0 Å². The van der Waals surface area contributed by atoms with E-state index in [2.05, 4.69) is 11.4 Å². The quantitative estimate of drug-likeness (QED) is 0.796. The lowest BCUT2D eigenvalue weighted by Crippen LogP contribution is -2.51. The predicted molar refractivity (Wildman–Crippen MR) is 99.2 cm³/mol. The van der Waals surface area contributed by atoms with Crippen LogP contribution in [0, 0.1) is 5.82 Å². The summed E-state index contributed by atoms with van der Waals surface area (Å²) in [6.07, 6.45) is 2.65. The van der Waals surface area contributed by atoms with Crippen molar-refractivity contribution in [3.63, 3.8) is 0 Å². The lowest BCUT2D eigenvalue weighted by molar-refractivity contribution is -0.0151. The van der Waals surface area contributed by atoms with Gasteiger partial charge in [-0.15, -0.1) is 0 Å². The Labute approximate surface area is 154 Å². The van der Waals surface area contributed by atoms with E-state index in [0.717, 1.165) is 43.5 Å². The zero-order chi connectivity index (χ0) is 18.4. The van der Waals surface area contributed by atoms with Crippen LogP contribution in [0.5, 0.6) is 11.5 Å². The highest BCUT2D eigenvalue weighted by atomic mass is 19.1. The van der Waals surface area contributed by atoms with E-state index >= 15 is 0 Å². The van der Waals surface area contributed by atoms with Crippen LogP contribution in [0.3, 0.4) is 0 Å². The molecule has 0 saturated heterocycles. The minimum absolute atomic E-state index is 0.0103. The third-order valence-corrected chi connectivity index (χ3v) is 4.89. The molecule has 0 bridgehead atoms. The maximum atomic E-state index is 13.0. The Morgan fingerprint density at radius 3 is 2.65 bits per heavy atom. The predicted octanol–water partition coefficient (Wildman–Crippen LogP) is 3.33. The standard InChI is InChI=1S/C21H26FNO3/c1-25-19-7-3-2-5-15(19)13-14-23-18-6-4-8-20(21(18)24)26-17-11-9-16(22)10-12-17/h2-3,5,7,9-12,18,20-21,23-24H,4,6,8,13-14H2,1H3/t18-,20+,21+/m0/s1. The molecule has 3 atom stereocenters. The van der Waals surface area contributed by atoms with Crippen LogP contribution in [0.15, 0.2) is 48.5 Å². The van der Waals surface area contributed by atoms with Crippen LogP contribution in [-0.4, -0.2) is 37.0 Å². The summed E-state index contributed by atoms with van der Waals surface area (Å²) in [6, 6.07) is 13.9. The summed E-state index contributed by atoms with van der Waals surface area (Å²) in [5, 5.41) is 14.1. The summed E-state index contributed by atoms with van der Waals surface area (Å²) in [7, 11) is 1.68. The van der Waals surface area contributed by atoms with Gasteiger partial charge in [-0.3, -0.25) is 0 Å². The molecule has 4 nitrogen and oxygen atoms in total. The van der Waals surface area contributed by atoms with Gasteiger partial charge in [0.25, 0.3) is 0 Å². The maximum absolute atomic E-state index is 13.0. The highest BCUT2D eigenvalue weighted by Crippen LogP contribution is 2.25. The van der Waals surface area contributed by atoms with Gasteiger partial charge in [-0.1, -0.05) is 18.2 Å². The Bertz CT molecular complexity index is 692. The number of rotatable bonds is 7. The molecule has 0 aromatic heterocycles. The number of hydrogen-bond donors (Lipinski definition) is 2. The first-order valence-electron chi connectivity index (χ1n) is 9.13. The number of aliphatic hydroxyl groups excluding tert-OH is 1. The lowest BCUT2D eigenvalue weighted by Gasteiger charge is -2.35. The molecule has 26 heavy (non-hydrogen) atoms. The van der Waals surface area contributed by atoms with Crippen molar-refractivity contribution in [2.45, 2.75) is 43.9 Å². The Hall–Kier alpha value is -2.11. The summed E-state index contributed by atoms with van der Waals surface area (Å²) in [4.78, 5) is 0. The van der Waals surface area contributed by atoms with Gasteiger partial charge in [0.05, 0.1) is 7.11 Å². The van der Waals surface area contributed by atoms with Crippen LogP contribution in [0.25, 0.3) is 0 Å². The van der Waals surface area contributed by atoms with Gasteiger partial charge >= 0.3 is 0 Å². The Kier molecular flexibility index (Phi) is 6.47. The van der Waals surface area contributed by atoms with Gasteiger partial charge < -0.3 is 19.9 Å². The van der Waals surface area contributed by atoms with Gasteiger partial charge in [0.2, 0.25) is 0 Å². The number of halogens is 1. The van der Waals surface area contributed by atoms with E-state index in [1.807, 2.05) is 18.2 Å². The molecule has 5 heteroatoms. The van der Waals surface area contributed by atoms with Crippen molar-refractivity contribution < 1.29 is 19.0 Å². The molecule has 0 amide bonds. The van der Waals surface area contributed by atoms with E-state index in [1.54, 1.807) is 19.2 Å². The summed E-state index contributed by atoms with van der Waals surface area (Å²) in [6.45, 7) is 0.755. The molecule has 0 spiro atoms. The van der Waals surface area contributed by atoms with Gasteiger partial charge in [-0.2, -0.15) is 0 Å². The molecule has 0 aliphatic heterocycles. The van der Waals surface area contributed by atoms with Crippen molar-refractivity contribution in [3.05, 3.63) is 59.9 Å². The van der Waals surface area contributed by atoms with Crippen LogP contribution in [0.1, 0.15) is 24.8 Å². The summed E-state index contributed by atoms with van der Waals surface area (Å²) in [5.74, 6) is 1.18. The van der Waals surface area contributed by atoms with E-state index in [0.29, 0.717) is 5.75 Å². The Morgan fingerprint density at radius 2 is 1.88 bits per heavy atom. The van der Waals surface area contributed by atoms with Crippen LogP contribution >= 0.6 is 0 Å². The number of aliphatic hydroxyl groups is 1. The molecule has 140 valence electrons. The lowest BCUT2D eigenvalue weighted by atomic mass is 9.89. The molecule has 0 radical (unpaired) electrons. The second kappa shape index (κ2) is 9.01. The average Bonchev–Trinajstić information content (AvgIpc) is 2.67. The molecule has 1 aliphatic rings. The largest absolute Gasteiger partial charge is 0.496 e. The van der Waals surface area contributed by atoms with Crippen molar-refractivity contribution in [2.75, 3.05) is 13.7 Å². The zero-order valence-corrected chi connectivity index (χ0v) is 15.0. The van der Waals surface area contributed by atoms with Gasteiger partial charge in [0, 0.05) is 6.04 Å². The highest BCUT2D eigenvalue weighted by Gasteiger charge is 2.33. The fraction of sp³-hybridized carbons (Fsp3) is 0.429. The molecular formula is C21H26FNO3. The minimum atomic E-state index is -0.591. The maximum Gasteiger partial charge on any atom is 0.126 e. The fourth-order valence-corrected chi connectivity index (χ4v) is 3.48. The van der Waals surface area contributed by atoms with E-state index in [9.17, 15) is 9.50 Å². The Morgan fingerprint density at radius 1 is 1.12 bits per heavy atom. The number of benzene rings is 2. The van der Waals surface area contributed by atoms with Gasteiger partial charge in [0.15, 0.2) is 0 Å². The molecule has 1 saturated carbocycles. The normalized spacial score (nSPS) is 22.8. The molecule has 0 unspecified atom stereocenters. The van der Waals surface area contributed by atoms with Crippen molar-refractivity contribution in [1.29, 1.82) is 0 Å². The van der Waals surface area contributed by atoms with Crippen molar-refractivity contribution in [3.8, 4) is 11.5 Å². The molecule has 2 aromatic carbocycles. The first-order valence-corrected chi connectivity index (χ1v) is 9.13. The molecular weight excluding hydrogens is 333 g/mol. The number of ether oxygens (including phenoxy) is 2. The van der Waals surface area contributed by atoms with E-state index in [4.69, 9.17) is 9.47 Å². The SMILES string of the molecule is COc1ccccc1CCN[C@H]1CCC[C@@H](Oc2ccc(F)cc2)[C@@H]1O. The number of nitrogens with one attached hydrogen (secondary N) is 1. The molecule has 2 aromatic rings. The van der Waals surface area contributed by atoms with E-state index in [1.165, 1.54) is 12.1 Å². The first-order chi connectivity index (χ1) is 12.7. The van der Waals surface area contributed by atoms with Gasteiger partial charge in [0.1, 0.15) is 29.5 Å². The summed E-state index contributed by atoms with van der Waals surface area (Å²) >= 11 is 0. The van der Waals surface area contributed by atoms with E-state index in [-0.39, 0.29) is 18.0 Å². The number of methoxy groups -OCH3 is 1. The van der Waals surface area contributed by atoms with Crippen molar-refractivity contribution >= 4 is 0 Å². The van der Waals surface area contributed by atoms with Gasteiger partial charge in [-0.25, -0.2) is 4.39 Å². The number of hydrogen-bond acceptors (Lipinski definition) is 4. The molecule has 0 heterocycles. The van der Waals surface area contributed by atoms with Crippen LogP contribution in [0.4, 0.5) is 4.39 Å². The fourth-order valence-electron chi connectivity index (χ4n) is 3.48. The second-order valence-electron chi connectivity index (χ2n) is 6.65. The van der Waals surface area contributed by atoms with Crippen LogP contribution < -0.4 is 14.8 Å². The third-order valence-electron chi connectivity index (χ3n) is 4.89. The molecule has 1 fully saturated rings. The topological polar surface area (TPSA) is 50.7 Å². The summed E-state index contributed by atoms with van der Waals surface area (Å²) in [5.41, 5.74) is 1.15. The monoisotopic (exact) mass is 359 g/mol. The number of para-hydroxylation sites is 1. The van der Waals surface area contributed by atoms with Gasteiger partial charge in [-0.05, 0) is 68.1 Å². The average molecular weight is 359 g/mol. The zero-order valence-electron chi connectivity index (χ0n) is 15.0. The van der Waals surface area contributed by atoms with Crippen LogP contribution in [-0.2, 0) is 6.42 Å². The molecule has 2 N–H and O–H groups in total. The minimum Gasteiger partial charge on any atom is -0.496 e. The van der Waals surface area contributed by atoms with E-state index < -0.39 is 6.10 Å².